The Balaban J connectivity index is 1.87. The zero-order chi connectivity index (χ0) is 24.6. The Morgan fingerprint density at radius 1 is 1.00 bits per heavy atom. The molecule has 3 atom stereocenters. The van der Waals surface area contributed by atoms with Gasteiger partial charge < -0.3 is 45.2 Å². The second-order valence-electron chi connectivity index (χ2n) is 8.76. The van der Waals surface area contributed by atoms with E-state index in [9.17, 15) is 35.7 Å². The van der Waals surface area contributed by atoms with Crippen molar-refractivity contribution in [3.05, 3.63) is 64.2 Å². The van der Waals surface area contributed by atoms with Crippen LogP contribution in [-0.2, 0) is 10.5 Å². The van der Waals surface area contributed by atoms with Crippen molar-refractivity contribution in [3.63, 3.8) is 0 Å². The molecule has 1 fully saturated rings. The highest BCUT2D eigenvalue weighted by Gasteiger charge is 2.44. The Hall–Kier alpha value is -1.79. The maximum Gasteiger partial charge on any atom is 0.352 e. The molecule has 3 unspecified atom stereocenters. The highest BCUT2D eigenvalue weighted by atomic mass is 35.5. The van der Waals surface area contributed by atoms with Crippen LogP contribution in [-0.4, -0.2) is 66.1 Å². The lowest BCUT2D eigenvalue weighted by Crippen LogP contribution is -2.54. The molecule has 1 aliphatic rings. The molecule has 1 heterocycles. The van der Waals surface area contributed by atoms with Gasteiger partial charge in [0, 0.05) is 29.0 Å². The molecule has 9 nitrogen and oxygen atoms in total. The summed E-state index contributed by atoms with van der Waals surface area (Å²) in [6, 6.07) is 9.72. The first kappa shape index (κ1) is 25.8. The Morgan fingerprint density at radius 2 is 1.64 bits per heavy atom. The van der Waals surface area contributed by atoms with Crippen LogP contribution < -0.4 is 4.74 Å². The molecule has 0 radical (unpaired) electrons. The fraction of sp³-hybridized carbons (Fsp3) is 0.478. The molecule has 3 rings (SSSR count). The summed E-state index contributed by atoms with van der Waals surface area (Å²) in [6.45, 7) is 2.06. The summed E-state index contributed by atoms with van der Waals surface area (Å²) < 4.78 is 10.8. The van der Waals surface area contributed by atoms with Gasteiger partial charge in [0.15, 0.2) is 5.60 Å². The van der Waals surface area contributed by atoms with Crippen LogP contribution in [0.1, 0.15) is 49.5 Å². The third-order valence-corrected chi connectivity index (χ3v) is 5.96. The number of hydrogen-bond donors (Lipinski definition) is 7. The molecule has 10 heteroatoms. The van der Waals surface area contributed by atoms with Crippen LogP contribution in [0.4, 0.5) is 0 Å². The lowest BCUT2D eigenvalue weighted by Gasteiger charge is -2.33. The first-order valence-electron chi connectivity index (χ1n) is 10.4. The summed E-state index contributed by atoms with van der Waals surface area (Å²) in [5, 5.41) is 71.0. The number of hydrogen-bond acceptors (Lipinski definition) is 9. The normalized spacial score (nSPS) is 22.3. The van der Waals surface area contributed by atoms with Crippen molar-refractivity contribution >= 4 is 11.6 Å². The fourth-order valence-corrected chi connectivity index (χ4v) is 3.78. The van der Waals surface area contributed by atoms with Crippen molar-refractivity contribution in [2.75, 3.05) is 6.61 Å². The Morgan fingerprint density at radius 3 is 2.21 bits per heavy atom. The zero-order valence-corrected chi connectivity index (χ0v) is 19.0. The van der Waals surface area contributed by atoms with E-state index >= 15 is 0 Å². The van der Waals surface area contributed by atoms with Gasteiger partial charge in [-0.15, -0.1) is 0 Å². The van der Waals surface area contributed by atoms with E-state index < -0.39 is 35.7 Å². The molecule has 1 aliphatic heterocycles. The molecule has 7 N–H and O–H groups in total. The van der Waals surface area contributed by atoms with Gasteiger partial charge in [-0.1, -0.05) is 17.7 Å². The number of ether oxygens (including phenoxy) is 2. The van der Waals surface area contributed by atoms with E-state index in [1.807, 2.05) is 0 Å². The van der Waals surface area contributed by atoms with Crippen LogP contribution in [0.2, 0.25) is 5.02 Å². The predicted octanol–water partition coefficient (Wildman–Crippen LogP) is 0.887. The number of benzene rings is 2. The van der Waals surface area contributed by atoms with Crippen molar-refractivity contribution in [1.29, 1.82) is 0 Å². The summed E-state index contributed by atoms with van der Waals surface area (Å²) in [4.78, 5) is 0. The largest absolute Gasteiger partial charge is 0.437 e. The van der Waals surface area contributed by atoms with Gasteiger partial charge in [0.25, 0.3) is 0 Å². The summed E-state index contributed by atoms with van der Waals surface area (Å²) in [7, 11) is 0. The van der Waals surface area contributed by atoms with E-state index in [0.717, 1.165) is 13.8 Å². The molecule has 0 aromatic heterocycles. The van der Waals surface area contributed by atoms with Gasteiger partial charge in [-0.25, -0.2) is 0 Å². The maximum absolute atomic E-state index is 10.9. The molecule has 0 aliphatic carbocycles. The van der Waals surface area contributed by atoms with E-state index in [-0.39, 0.29) is 34.9 Å². The highest BCUT2D eigenvalue weighted by molar-refractivity contribution is 6.31. The molecule has 0 amide bonds. The van der Waals surface area contributed by atoms with E-state index in [4.69, 9.17) is 21.1 Å². The molecule has 2 aromatic carbocycles. The van der Waals surface area contributed by atoms with Gasteiger partial charge >= 0.3 is 5.97 Å². The molecule has 182 valence electrons. The van der Waals surface area contributed by atoms with Crippen molar-refractivity contribution in [2.24, 2.45) is 0 Å². The molecule has 0 saturated carbocycles. The van der Waals surface area contributed by atoms with Gasteiger partial charge in [-0.3, -0.25) is 0 Å². The van der Waals surface area contributed by atoms with E-state index in [1.54, 1.807) is 6.07 Å². The summed E-state index contributed by atoms with van der Waals surface area (Å²) in [5.41, 5.74) is -1.46. The Bertz CT molecular complexity index is 953. The Labute approximate surface area is 196 Å². The lowest BCUT2D eigenvalue weighted by atomic mass is 9.91. The van der Waals surface area contributed by atoms with Gasteiger partial charge in [0.2, 0.25) is 5.79 Å². The smallest absolute Gasteiger partial charge is 0.352 e. The summed E-state index contributed by atoms with van der Waals surface area (Å²) in [5.74, 6) is -5.44. The second-order valence-corrected chi connectivity index (χ2v) is 9.17. The van der Waals surface area contributed by atoms with Crippen LogP contribution in [0, 0.1) is 0 Å². The number of aliphatic hydroxyl groups excluding tert-OH is 2. The molecular formula is C23H29ClO9. The number of aliphatic hydroxyl groups is 7. The highest BCUT2D eigenvalue weighted by Crippen LogP contribution is 2.38. The second kappa shape index (κ2) is 9.46. The average Bonchev–Trinajstić information content (AvgIpc) is 2.72. The summed E-state index contributed by atoms with van der Waals surface area (Å²) >= 11 is 6.25. The first-order valence-corrected chi connectivity index (χ1v) is 10.8. The first-order chi connectivity index (χ1) is 15.2. The van der Waals surface area contributed by atoms with Gasteiger partial charge in [0.1, 0.15) is 5.75 Å². The minimum absolute atomic E-state index is 0.0106. The standard InChI is InChI=1S/C23H29ClO9/c1-21(2,27)23(30,31)33-16-6-4-14(5-7-16)22(28,29)18-9-13(3-8-19(18)24)20-11-15(26)10-17(12-25)32-20/h3-9,15,17,20,25-31H,10-12H2,1-2H3. The predicted molar refractivity (Wildman–Crippen MR) is 117 cm³/mol. The van der Waals surface area contributed by atoms with E-state index in [0.29, 0.717) is 12.0 Å². The van der Waals surface area contributed by atoms with Crippen LogP contribution >= 0.6 is 11.6 Å². The van der Waals surface area contributed by atoms with Crippen molar-refractivity contribution in [3.8, 4) is 5.75 Å². The fourth-order valence-electron chi connectivity index (χ4n) is 3.53. The van der Waals surface area contributed by atoms with Gasteiger partial charge in [-0.2, -0.15) is 0 Å². The van der Waals surface area contributed by atoms with Gasteiger partial charge in [0.05, 0.1) is 24.9 Å². The summed E-state index contributed by atoms with van der Waals surface area (Å²) in [6.07, 6.45) is -1.19. The van der Waals surface area contributed by atoms with Crippen LogP contribution in [0.25, 0.3) is 0 Å². The molecule has 0 bridgehead atoms. The quantitative estimate of drug-likeness (QED) is 0.283. The minimum Gasteiger partial charge on any atom is -0.437 e. The lowest BCUT2D eigenvalue weighted by molar-refractivity contribution is -0.365. The average molecular weight is 485 g/mol. The SMILES string of the molecule is CC(C)(O)C(O)(O)Oc1ccc(C(O)(O)c2cc(C3CC(O)CC(CO)O3)ccc2Cl)cc1. The van der Waals surface area contributed by atoms with E-state index in [1.165, 1.54) is 36.4 Å². The topological polar surface area (TPSA) is 160 Å². The molecule has 33 heavy (non-hydrogen) atoms. The van der Waals surface area contributed by atoms with Gasteiger partial charge in [-0.05, 0) is 55.8 Å². The number of halogens is 1. The van der Waals surface area contributed by atoms with Crippen molar-refractivity contribution in [1.82, 2.24) is 0 Å². The third-order valence-electron chi connectivity index (χ3n) is 5.63. The molecule has 1 saturated heterocycles. The molecule has 2 aromatic rings. The third kappa shape index (κ3) is 5.65. The minimum atomic E-state index is -2.88. The van der Waals surface area contributed by atoms with Crippen molar-refractivity contribution < 1.29 is 45.2 Å². The molecule has 0 spiro atoms. The van der Waals surface area contributed by atoms with Crippen LogP contribution in [0.5, 0.6) is 5.75 Å². The molecular weight excluding hydrogens is 456 g/mol. The van der Waals surface area contributed by atoms with Crippen LogP contribution in [0.15, 0.2) is 42.5 Å². The number of rotatable bonds is 7. The maximum atomic E-state index is 10.9. The monoisotopic (exact) mass is 484 g/mol. The van der Waals surface area contributed by atoms with E-state index in [2.05, 4.69) is 0 Å². The van der Waals surface area contributed by atoms with Crippen molar-refractivity contribution in [2.45, 2.75) is 62.4 Å². The Kier molecular flexibility index (Phi) is 7.40. The zero-order valence-electron chi connectivity index (χ0n) is 18.2. The van der Waals surface area contributed by atoms with Crippen LogP contribution in [0.3, 0.4) is 0 Å².